The van der Waals surface area contributed by atoms with Gasteiger partial charge in [-0.2, -0.15) is 10.4 Å². The van der Waals surface area contributed by atoms with Crippen molar-refractivity contribution < 1.29 is 22.3 Å². The molecule has 0 amide bonds. The summed E-state index contributed by atoms with van der Waals surface area (Å²) in [6.07, 6.45) is 0.160. The molecule has 4 aromatic rings. The number of pyridine rings is 1. The summed E-state index contributed by atoms with van der Waals surface area (Å²) in [4.78, 5) is 11.2. The van der Waals surface area contributed by atoms with Gasteiger partial charge in [0, 0.05) is 36.5 Å². The zero-order chi connectivity index (χ0) is 26.0. The van der Waals surface area contributed by atoms with E-state index in [1.807, 2.05) is 29.8 Å². The molecule has 0 aliphatic carbocycles. The van der Waals surface area contributed by atoms with Crippen molar-refractivity contribution in [3.8, 4) is 34.7 Å². The zero-order valence-corrected chi connectivity index (χ0v) is 19.9. The maximum absolute atomic E-state index is 12.4. The molecule has 1 aromatic carbocycles. The molecule has 0 bridgehead atoms. The minimum atomic E-state index is -4.74. The van der Waals surface area contributed by atoms with Crippen LogP contribution in [0.3, 0.4) is 0 Å². The lowest BCUT2D eigenvalue weighted by Crippen LogP contribution is -2.33. The third-order valence-electron chi connectivity index (χ3n) is 6.23. The summed E-state index contributed by atoms with van der Waals surface area (Å²) in [7, 11) is 0. The Morgan fingerprint density at radius 3 is 2.57 bits per heavy atom. The molecule has 4 heterocycles. The molecule has 1 aliphatic rings. The number of hydrogen-bond acceptors (Lipinski definition) is 7. The third kappa shape index (κ3) is 5.74. The Kier molecular flexibility index (Phi) is 6.56. The van der Waals surface area contributed by atoms with E-state index in [4.69, 9.17) is 9.68 Å². The summed E-state index contributed by atoms with van der Waals surface area (Å²) in [5, 5.41) is 13.8. The van der Waals surface area contributed by atoms with E-state index in [2.05, 4.69) is 30.8 Å². The fourth-order valence-corrected chi connectivity index (χ4v) is 4.27. The molecule has 11 heteroatoms. The highest BCUT2D eigenvalue weighted by Crippen LogP contribution is 2.28. The van der Waals surface area contributed by atoms with E-state index < -0.39 is 6.36 Å². The largest absolute Gasteiger partial charge is 0.573 e. The van der Waals surface area contributed by atoms with Gasteiger partial charge in [-0.25, -0.2) is 9.97 Å². The van der Waals surface area contributed by atoms with E-state index in [1.54, 1.807) is 6.20 Å². The van der Waals surface area contributed by atoms with Crippen molar-refractivity contribution in [1.82, 2.24) is 19.7 Å². The standard InChI is InChI=1S/C26H23F3N6O2/c1-17-12-22(25-32-23(16-36-25)20-2-4-21(5-3-20)37-26(27,28)29)33-35(17)15-19-6-9-31-24(13-19)34-10-7-18(14-30)8-11-34/h2-6,9,12-13,16,18H,7-8,10-11,15H2,1H3. The Morgan fingerprint density at radius 1 is 1.11 bits per heavy atom. The fraction of sp³-hybridized carbons (Fsp3) is 0.308. The molecule has 0 radical (unpaired) electrons. The lowest BCUT2D eigenvalue weighted by atomic mass is 9.98. The first kappa shape index (κ1) is 24.4. The molecule has 1 fully saturated rings. The van der Waals surface area contributed by atoms with Crippen molar-refractivity contribution in [3.63, 3.8) is 0 Å². The van der Waals surface area contributed by atoms with E-state index in [9.17, 15) is 13.2 Å². The number of nitrogens with zero attached hydrogens (tertiary/aromatic N) is 6. The molecule has 8 nitrogen and oxygen atoms in total. The number of rotatable bonds is 6. The van der Waals surface area contributed by atoms with Gasteiger partial charge in [-0.05, 0) is 67.8 Å². The minimum Gasteiger partial charge on any atom is -0.443 e. The van der Waals surface area contributed by atoms with Crippen LogP contribution in [-0.4, -0.2) is 39.2 Å². The number of piperidine rings is 1. The molecule has 37 heavy (non-hydrogen) atoms. The van der Waals surface area contributed by atoms with E-state index in [1.165, 1.54) is 30.5 Å². The van der Waals surface area contributed by atoms with Gasteiger partial charge >= 0.3 is 6.36 Å². The van der Waals surface area contributed by atoms with E-state index >= 15 is 0 Å². The number of halogens is 3. The van der Waals surface area contributed by atoms with E-state index in [0.717, 1.165) is 43.0 Å². The molecule has 0 saturated carbocycles. The number of aromatic nitrogens is 4. The van der Waals surface area contributed by atoms with Crippen LogP contribution in [0, 0.1) is 24.2 Å². The second kappa shape index (κ2) is 9.97. The van der Waals surface area contributed by atoms with Gasteiger partial charge in [0.2, 0.25) is 5.89 Å². The summed E-state index contributed by atoms with van der Waals surface area (Å²) >= 11 is 0. The number of anilines is 1. The molecule has 1 saturated heterocycles. The Morgan fingerprint density at radius 2 is 1.86 bits per heavy atom. The van der Waals surface area contributed by atoms with Crippen LogP contribution in [0.15, 0.2) is 59.3 Å². The van der Waals surface area contributed by atoms with E-state index in [-0.39, 0.29) is 11.7 Å². The molecular formula is C26H23F3N6O2. The van der Waals surface area contributed by atoms with Gasteiger partial charge in [-0.1, -0.05) is 0 Å². The molecule has 0 N–H and O–H groups in total. The van der Waals surface area contributed by atoms with Crippen molar-refractivity contribution >= 4 is 5.82 Å². The quantitative estimate of drug-likeness (QED) is 0.335. The number of ether oxygens (including phenoxy) is 1. The smallest absolute Gasteiger partial charge is 0.443 e. The number of nitriles is 1. The van der Waals surface area contributed by atoms with Gasteiger partial charge in [0.15, 0.2) is 0 Å². The van der Waals surface area contributed by atoms with Crippen LogP contribution < -0.4 is 9.64 Å². The summed E-state index contributed by atoms with van der Waals surface area (Å²) < 4.78 is 48.5. The first-order chi connectivity index (χ1) is 17.8. The average Bonchev–Trinajstić information content (AvgIpc) is 3.51. The van der Waals surface area contributed by atoms with Crippen molar-refractivity contribution in [1.29, 1.82) is 5.26 Å². The average molecular weight is 509 g/mol. The van der Waals surface area contributed by atoms with Crippen LogP contribution in [-0.2, 0) is 6.54 Å². The van der Waals surface area contributed by atoms with Gasteiger partial charge in [0.1, 0.15) is 29.2 Å². The Labute approximate surface area is 210 Å². The molecule has 190 valence electrons. The highest BCUT2D eigenvalue weighted by atomic mass is 19.4. The second-order valence-electron chi connectivity index (χ2n) is 8.85. The monoisotopic (exact) mass is 508 g/mol. The molecule has 0 unspecified atom stereocenters. The summed E-state index contributed by atoms with van der Waals surface area (Å²) in [6, 6.07) is 13.6. The molecule has 5 rings (SSSR count). The maximum atomic E-state index is 12.4. The number of benzene rings is 1. The van der Waals surface area contributed by atoms with Crippen LogP contribution in [0.2, 0.25) is 0 Å². The number of hydrogen-bond donors (Lipinski definition) is 0. The fourth-order valence-electron chi connectivity index (χ4n) is 4.27. The zero-order valence-electron chi connectivity index (χ0n) is 19.9. The SMILES string of the molecule is Cc1cc(-c2nc(-c3ccc(OC(F)(F)F)cc3)co2)nn1Cc1ccnc(N2CCC(C#N)CC2)c1. The van der Waals surface area contributed by atoms with Gasteiger partial charge in [0.25, 0.3) is 0 Å². The molecule has 1 aliphatic heterocycles. The van der Waals surface area contributed by atoms with Gasteiger partial charge < -0.3 is 14.1 Å². The van der Waals surface area contributed by atoms with Crippen LogP contribution >= 0.6 is 0 Å². The predicted molar refractivity (Wildman–Crippen MR) is 128 cm³/mol. The summed E-state index contributed by atoms with van der Waals surface area (Å²) in [5.41, 5.74) is 3.56. The normalized spacial score (nSPS) is 14.5. The molecular weight excluding hydrogens is 485 g/mol. The highest BCUT2D eigenvalue weighted by molar-refractivity contribution is 5.62. The topological polar surface area (TPSA) is 93.0 Å². The third-order valence-corrected chi connectivity index (χ3v) is 6.23. The van der Waals surface area contributed by atoms with Crippen molar-refractivity contribution in [2.75, 3.05) is 18.0 Å². The Bertz CT molecular complexity index is 1410. The van der Waals surface area contributed by atoms with Crippen LogP contribution in [0.4, 0.5) is 19.0 Å². The lowest BCUT2D eigenvalue weighted by molar-refractivity contribution is -0.274. The Balaban J connectivity index is 1.28. The van der Waals surface area contributed by atoms with Crippen LogP contribution in [0.1, 0.15) is 24.1 Å². The van der Waals surface area contributed by atoms with Crippen molar-refractivity contribution in [3.05, 3.63) is 66.2 Å². The van der Waals surface area contributed by atoms with E-state index in [0.29, 0.717) is 29.4 Å². The number of oxazole rings is 1. The first-order valence-corrected chi connectivity index (χ1v) is 11.7. The summed E-state index contributed by atoms with van der Waals surface area (Å²) in [6.45, 7) is 4.09. The maximum Gasteiger partial charge on any atom is 0.573 e. The summed E-state index contributed by atoms with van der Waals surface area (Å²) in [5.74, 6) is 1.01. The predicted octanol–water partition coefficient (Wildman–Crippen LogP) is 5.60. The minimum absolute atomic E-state index is 0.114. The van der Waals surface area contributed by atoms with Crippen LogP contribution in [0.5, 0.6) is 5.75 Å². The second-order valence-corrected chi connectivity index (χ2v) is 8.85. The highest BCUT2D eigenvalue weighted by Gasteiger charge is 2.31. The van der Waals surface area contributed by atoms with Crippen molar-refractivity contribution in [2.24, 2.45) is 5.92 Å². The Hall–Kier alpha value is -4.33. The molecule has 0 spiro atoms. The lowest BCUT2D eigenvalue weighted by Gasteiger charge is -2.30. The van der Waals surface area contributed by atoms with Gasteiger partial charge in [0.05, 0.1) is 12.6 Å². The first-order valence-electron chi connectivity index (χ1n) is 11.7. The van der Waals surface area contributed by atoms with Gasteiger partial charge in [-0.3, -0.25) is 4.68 Å². The molecule has 0 atom stereocenters. The number of aryl methyl sites for hydroxylation is 1. The van der Waals surface area contributed by atoms with Crippen molar-refractivity contribution in [2.45, 2.75) is 32.7 Å². The number of alkyl halides is 3. The molecule has 3 aromatic heterocycles. The van der Waals surface area contributed by atoms with Crippen LogP contribution in [0.25, 0.3) is 22.8 Å². The van der Waals surface area contributed by atoms with Gasteiger partial charge in [-0.15, -0.1) is 13.2 Å².